The Bertz CT molecular complexity index is 166. The van der Waals surface area contributed by atoms with Gasteiger partial charge in [-0.15, -0.1) is 0 Å². The summed E-state index contributed by atoms with van der Waals surface area (Å²) in [6.07, 6.45) is 9.40. The van der Waals surface area contributed by atoms with Gasteiger partial charge in [-0.2, -0.15) is 0 Å². The van der Waals surface area contributed by atoms with Crippen molar-refractivity contribution in [2.75, 3.05) is 6.61 Å². The molecule has 16 heavy (non-hydrogen) atoms. The summed E-state index contributed by atoms with van der Waals surface area (Å²) in [4.78, 5) is 11.4. The van der Waals surface area contributed by atoms with E-state index in [1.807, 2.05) is 6.92 Å². The van der Waals surface area contributed by atoms with E-state index in [-0.39, 0.29) is 11.9 Å². The molecule has 0 aliphatic heterocycles. The van der Waals surface area contributed by atoms with Crippen LogP contribution < -0.4 is 0 Å². The third-order valence-corrected chi connectivity index (χ3v) is 2.87. The molecule has 0 saturated carbocycles. The van der Waals surface area contributed by atoms with E-state index in [1.54, 1.807) is 0 Å². The average molecular weight is 228 g/mol. The van der Waals surface area contributed by atoms with E-state index in [0.717, 1.165) is 19.3 Å². The number of hydrogen-bond donors (Lipinski definition) is 0. The first-order valence-corrected chi connectivity index (χ1v) is 6.89. The fourth-order valence-electron chi connectivity index (χ4n) is 1.75. The van der Waals surface area contributed by atoms with Crippen LogP contribution in [0.2, 0.25) is 0 Å². The summed E-state index contributed by atoms with van der Waals surface area (Å²) in [5, 5.41) is 0. The number of rotatable bonds is 10. The van der Waals surface area contributed by atoms with Gasteiger partial charge in [0.2, 0.25) is 0 Å². The van der Waals surface area contributed by atoms with E-state index in [1.165, 1.54) is 32.1 Å². The lowest BCUT2D eigenvalue weighted by Crippen LogP contribution is -2.15. The van der Waals surface area contributed by atoms with Crippen LogP contribution in [0.3, 0.4) is 0 Å². The Labute approximate surface area is 101 Å². The number of carbonyl (C=O) groups excluding carboxylic acids is 1. The maximum atomic E-state index is 11.4. The highest BCUT2D eigenvalue weighted by Crippen LogP contribution is 2.09. The maximum Gasteiger partial charge on any atom is 0.308 e. The van der Waals surface area contributed by atoms with Crippen LogP contribution in [0.25, 0.3) is 0 Å². The minimum absolute atomic E-state index is 0.0181. The Morgan fingerprint density at radius 3 is 2.25 bits per heavy atom. The maximum absolute atomic E-state index is 11.4. The van der Waals surface area contributed by atoms with Crippen molar-refractivity contribution in [3.8, 4) is 0 Å². The van der Waals surface area contributed by atoms with E-state index in [0.29, 0.717) is 6.61 Å². The third-order valence-electron chi connectivity index (χ3n) is 2.87. The van der Waals surface area contributed by atoms with Crippen LogP contribution in [0.5, 0.6) is 0 Å². The first-order valence-electron chi connectivity index (χ1n) is 6.89. The zero-order chi connectivity index (χ0) is 12.2. The third kappa shape index (κ3) is 8.75. The van der Waals surface area contributed by atoms with Crippen LogP contribution in [-0.4, -0.2) is 12.6 Å². The lowest BCUT2D eigenvalue weighted by molar-refractivity contribution is -0.148. The molecule has 1 unspecified atom stereocenters. The van der Waals surface area contributed by atoms with Crippen molar-refractivity contribution >= 4 is 5.97 Å². The molecule has 96 valence electrons. The fourth-order valence-corrected chi connectivity index (χ4v) is 1.75. The van der Waals surface area contributed by atoms with Gasteiger partial charge in [-0.25, -0.2) is 0 Å². The van der Waals surface area contributed by atoms with E-state index in [2.05, 4.69) is 13.8 Å². The van der Waals surface area contributed by atoms with Gasteiger partial charge in [0.1, 0.15) is 0 Å². The lowest BCUT2D eigenvalue weighted by Gasteiger charge is -2.10. The molecule has 0 aliphatic rings. The quantitative estimate of drug-likeness (QED) is 0.411. The molecule has 0 N–H and O–H groups in total. The van der Waals surface area contributed by atoms with Crippen molar-refractivity contribution in [2.24, 2.45) is 5.92 Å². The summed E-state index contributed by atoms with van der Waals surface area (Å²) in [7, 11) is 0. The summed E-state index contributed by atoms with van der Waals surface area (Å²) in [6.45, 7) is 6.88. The van der Waals surface area contributed by atoms with Crippen LogP contribution in [0.4, 0.5) is 0 Å². The minimum atomic E-state index is -0.0181. The molecule has 0 heterocycles. The minimum Gasteiger partial charge on any atom is -0.465 e. The zero-order valence-corrected chi connectivity index (χ0v) is 11.3. The summed E-state index contributed by atoms with van der Waals surface area (Å²) in [5.74, 6) is 0.0560. The smallest absolute Gasteiger partial charge is 0.308 e. The van der Waals surface area contributed by atoms with Crippen LogP contribution >= 0.6 is 0 Å². The SMILES string of the molecule is CCCCCCCCOC(=O)C(C)CCC. The molecule has 0 aromatic rings. The van der Waals surface area contributed by atoms with Crippen LogP contribution in [0.15, 0.2) is 0 Å². The van der Waals surface area contributed by atoms with Crippen molar-refractivity contribution in [2.45, 2.75) is 72.1 Å². The summed E-state index contributed by atoms with van der Waals surface area (Å²) >= 11 is 0. The van der Waals surface area contributed by atoms with Crippen molar-refractivity contribution < 1.29 is 9.53 Å². The second-order valence-corrected chi connectivity index (χ2v) is 4.62. The second-order valence-electron chi connectivity index (χ2n) is 4.62. The topological polar surface area (TPSA) is 26.3 Å². The van der Waals surface area contributed by atoms with Crippen LogP contribution in [0.1, 0.15) is 72.1 Å². The summed E-state index contributed by atoms with van der Waals surface area (Å²) in [6, 6.07) is 0. The van der Waals surface area contributed by atoms with E-state index < -0.39 is 0 Å². The van der Waals surface area contributed by atoms with Crippen molar-refractivity contribution in [1.29, 1.82) is 0 Å². The monoisotopic (exact) mass is 228 g/mol. The van der Waals surface area contributed by atoms with Gasteiger partial charge in [0.25, 0.3) is 0 Å². The molecular weight excluding hydrogens is 200 g/mol. The Morgan fingerprint density at radius 1 is 1.00 bits per heavy atom. The van der Waals surface area contributed by atoms with Gasteiger partial charge in [-0.1, -0.05) is 59.3 Å². The molecule has 0 radical (unpaired) electrons. The molecule has 0 bridgehead atoms. The molecule has 0 spiro atoms. The predicted octanol–water partition coefficient (Wildman–Crippen LogP) is 4.33. The largest absolute Gasteiger partial charge is 0.465 e. The molecule has 0 amide bonds. The first-order chi connectivity index (χ1) is 7.72. The first kappa shape index (κ1) is 15.5. The van der Waals surface area contributed by atoms with Crippen molar-refractivity contribution in [3.63, 3.8) is 0 Å². The molecule has 1 atom stereocenters. The number of carbonyl (C=O) groups is 1. The highest BCUT2D eigenvalue weighted by atomic mass is 16.5. The van der Waals surface area contributed by atoms with E-state index in [9.17, 15) is 4.79 Å². The Hall–Kier alpha value is -0.530. The van der Waals surface area contributed by atoms with Crippen LogP contribution in [0, 0.1) is 5.92 Å². The van der Waals surface area contributed by atoms with Gasteiger partial charge in [0.15, 0.2) is 0 Å². The summed E-state index contributed by atoms with van der Waals surface area (Å²) in [5.41, 5.74) is 0. The van der Waals surface area contributed by atoms with Crippen LogP contribution in [-0.2, 0) is 9.53 Å². The predicted molar refractivity (Wildman–Crippen MR) is 68.4 cm³/mol. The number of ether oxygens (including phenoxy) is 1. The number of esters is 1. The Balaban J connectivity index is 3.27. The van der Waals surface area contributed by atoms with E-state index in [4.69, 9.17) is 4.74 Å². The molecule has 0 rings (SSSR count). The van der Waals surface area contributed by atoms with Crippen molar-refractivity contribution in [3.05, 3.63) is 0 Å². The summed E-state index contributed by atoms with van der Waals surface area (Å²) < 4.78 is 5.22. The number of unbranched alkanes of at least 4 members (excludes halogenated alkanes) is 5. The van der Waals surface area contributed by atoms with Crippen molar-refractivity contribution in [1.82, 2.24) is 0 Å². The number of hydrogen-bond acceptors (Lipinski definition) is 2. The molecule has 0 saturated heterocycles. The van der Waals surface area contributed by atoms with Gasteiger partial charge in [-0.05, 0) is 12.8 Å². The lowest BCUT2D eigenvalue weighted by atomic mass is 10.1. The fraction of sp³-hybridized carbons (Fsp3) is 0.929. The Kier molecular flexibility index (Phi) is 10.6. The van der Waals surface area contributed by atoms with Gasteiger partial charge >= 0.3 is 5.97 Å². The molecule has 2 nitrogen and oxygen atoms in total. The standard InChI is InChI=1S/C14H28O2/c1-4-6-7-8-9-10-12-16-14(15)13(3)11-5-2/h13H,4-12H2,1-3H3. The zero-order valence-electron chi connectivity index (χ0n) is 11.3. The molecule has 0 aromatic carbocycles. The normalized spacial score (nSPS) is 12.4. The average Bonchev–Trinajstić information content (AvgIpc) is 2.28. The highest BCUT2D eigenvalue weighted by molar-refractivity contribution is 5.71. The van der Waals surface area contributed by atoms with Gasteiger partial charge in [0, 0.05) is 0 Å². The molecule has 0 aromatic heterocycles. The molecule has 2 heteroatoms. The molecule has 0 aliphatic carbocycles. The van der Waals surface area contributed by atoms with E-state index >= 15 is 0 Å². The second kappa shape index (κ2) is 11.0. The van der Waals surface area contributed by atoms with Gasteiger partial charge in [0.05, 0.1) is 12.5 Å². The van der Waals surface area contributed by atoms with Gasteiger partial charge in [-0.3, -0.25) is 4.79 Å². The Morgan fingerprint density at radius 2 is 1.62 bits per heavy atom. The molecular formula is C14H28O2. The van der Waals surface area contributed by atoms with Gasteiger partial charge < -0.3 is 4.74 Å². The highest BCUT2D eigenvalue weighted by Gasteiger charge is 2.12. The molecule has 0 fully saturated rings.